The fraction of sp³-hybridized carbons (Fsp3) is 0.188. The molecule has 2 rings (SSSR count). The van der Waals surface area contributed by atoms with E-state index >= 15 is 0 Å². The highest BCUT2D eigenvalue weighted by Gasteiger charge is 1.92. The number of benzene rings is 2. The van der Waals surface area contributed by atoms with E-state index in [0.29, 0.717) is 0 Å². The van der Waals surface area contributed by atoms with Crippen LogP contribution in [0.1, 0.15) is 24.8 Å². The molecule has 0 aliphatic heterocycles. The van der Waals surface area contributed by atoms with E-state index in [0.717, 1.165) is 12.8 Å². The summed E-state index contributed by atoms with van der Waals surface area (Å²) in [5.74, 6) is 0. The Labute approximate surface area is 97.6 Å². The van der Waals surface area contributed by atoms with Gasteiger partial charge in [0.15, 0.2) is 0 Å². The van der Waals surface area contributed by atoms with Gasteiger partial charge in [-0.25, -0.2) is 0 Å². The highest BCUT2D eigenvalue weighted by molar-refractivity contribution is 5.84. The molecule has 16 heavy (non-hydrogen) atoms. The zero-order chi connectivity index (χ0) is 11.2. The molecule has 0 fully saturated rings. The van der Waals surface area contributed by atoms with Crippen LogP contribution in [0.15, 0.2) is 48.5 Å². The number of unbranched alkanes of at least 4 members (excludes halogenated alkanes) is 2. The largest absolute Gasteiger partial charge is 0.0839 e. The highest BCUT2D eigenvalue weighted by Crippen LogP contribution is 2.16. The molecule has 0 atom stereocenters. The van der Waals surface area contributed by atoms with Gasteiger partial charge in [0.25, 0.3) is 0 Å². The van der Waals surface area contributed by atoms with Gasteiger partial charge in [0.2, 0.25) is 0 Å². The molecule has 0 unspecified atom stereocenters. The van der Waals surface area contributed by atoms with Crippen LogP contribution in [0.3, 0.4) is 0 Å². The summed E-state index contributed by atoms with van der Waals surface area (Å²) in [7, 11) is 0. The molecule has 0 saturated heterocycles. The maximum Gasteiger partial charge on any atom is -0.0178 e. The highest BCUT2D eigenvalue weighted by atomic mass is 14.0. The van der Waals surface area contributed by atoms with Gasteiger partial charge < -0.3 is 0 Å². The van der Waals surface area contributed by atoms with Crippen molar-refractivity contribution in [2.45, 2.75) is 19.3 Å². The molecule has 0 heteroatoms. The van der Waals surface area contributed by atoms with Crippen molar-refractivity contribution >= 4 is 16.8 Å². The summed E-state index contributed by atoms with van der Waals surface area (Å²) in [5, 5.41) is 2.61. The van der Waals surface area contributed by atoms with Crippen LogP contribution in [0.4, 0.5) is 0 Å². The Bertz CT molecular complexity index is 480. The minimum absolute atomic E-state index is 1.02. The van der Waals surface area contributed by atoms with E-state index in [2.05, 4.69) is 61.5 Å². The van der Waals surface area contributed by atoms with Gasteiger partial charge in [-0.3, -0.25) is 0 Å². The molecule has 0 N–H and O–H groups in total. The van der Waals surface area contributed by atoms with Crippen molar-refractivity contribution < 1.29 is 0 Å². The van der Waals surface area contributed by atoms with Crippen LogP contribution in [0.5, 0.6) is 0 Å². The maximum absolute atomic E-state index is 3.84. The van der Waals surface area contributed by atoms with Gasteiger partial charge in [0, 0.05) is 0 Å². The molecular formula is C16H17. The van der Waals surface area contributed by atoms with Crippen LogP contribution < -0.4 is 0 Å². The minimum atomic E-state index is 1.02. The molecule has 0 amide bonds. The minimum Gasteiger partial charge on any atom is -0.0839 e. The van der Waals surface area contributed by atoms with Crippen molar-refractivity contribution in [3.05, 3.63) is 61.0 Å². The van der Waals surface area contributed by atoms with Gasteiger partial charge in [0.05, 0.1) is 0 Å². The molecule has 0 aliphatic rings. The van der Waals surface area contributed by atoms with E-state index in [1.165, 1.54) is 22.8 Å². The van der Waals surface area contributed by atoms with Crippen molar-refractivity contribution in [2.24, 2.45) is 0 Å². The molecule has 81 valence electrons. The van der Waals surface area contributed by atoms with Gasteiger partial charge in [-0.1, -0.05) is 61.9 Å². The van der Waals surface area contributed by atoms with Crippen molar-refractivity contribution in [1.82, 2.24) is 0 Å². The molecule has 0 heterocycles. The predicted octanol–water partition coefficient (Wildman–Crippen LogP) is 4.86. The fourth-order valence-electron chi connectivity index (χ4n) is 1.79. The Hall–Kier alpha value is -1.56. The quantitative estimate of drug-likeness (QED) is 0.631. The summed E-state index contributed by atoms with van der Waals surface area (Å²) in [4.78, 5) is 0. The Balaban J connectivity index is 2.16. The molecular weight excluding hydrogens is 192 g/mol. The van der Waals surface area contributed by atoms with Crippen LogP contribution in [0.25, 0.3) is 16.8 Å². The van der Waals surface area contributed by atoms with Gasteiger partial charge >= 0.3 is 0 Å². The third kappa shape index (κ3) is 2.73. The zero-order valence-corrected chi connectivity index (χ0v) is 9.52. The van der Waals surface area contributed by atoms with E-state index < -0.39 is 0 Å². The number of rotatable bonds is 4. The van der Waals surface area contributed by atoms with Gasteiger partial charge in [-0.05, 0) is 35.2 Å². The van der Waals surface area contributed by atoms with Crippen molar-refractivity contribution in [2.75, 3.05) is 0 Å². The second kappa shape index (κ2) is 5.50. The first-order chi connectivity index (χ1) is 7.90. The van der Waals surface area contributed by atoms with E-state index in [4.69, 9.17) is 0 Å². The van der Waals surface area contributed by atoms with E-state index in [-0.39, 0.29) is 0 Å². The SMILES string of the molecule is [CH2]CCC/C=C/c1ccc2ccccc2c1. The topological polar surface area (TPSA) is 0 Å². The lowest BCUT2D eigenvalue weighted by Crippen LogP contribution is -1.75. The number of hydrogen-bond donors (Lipinski definition) is 0. The van der Waals surface area contributed by atoms with E-state index in [1.807, 2.05) is 0 Å². The first-order valence-electron chi connectivity index (χ1n) is 5.85. The summed E-state index contributed by atoms with van der Waals surface area (Å²) in [6, 6.07) is 15.0. The lowest BCUT2D eigenvalue weighted by atomic mass is 10.1. The van der Waals surface area contributed by atoms with Crippen LogP contribution in [0, 0.1) is 6.92 Å². The molecule has 0 spiro atoms. The third-order valence-corrected chi connectivity index (χ3v) is 2.70. The molecule has 0 bridgehead atoms. The smallest absolute Gasteiger partial charge is 0.0178 e. The van der Waals surface area contributed by atoms with Gasteiger partial charge in [0.1, 0.15) is 0 Å². The maximum atomic E-state index is 3.84. The number of allylic oxidation sites excluding steroid dienone is 1. The summed E-state index contributed by atoms with van der Waals surface area (Å²) < 4.78 is 0. The summed E-state index contributed by atoms with van der Waals surface area (Å²) in [6.07, 6.45) is 7.74. The van der Waals surface area contributed by atoms with Crippen molar-refractivity contribution in [3.8, 4) is 0 Å². The van der Waals surface area contributed by atoms with Crippen LogP contribution >= 0.6 is 0 Å². The number of hydrogen-bond acceptors (Lipinski definition) is 0. The molecule has 2 aromatic carbocycles. The van der Waals surface area contributed by atoms with Crippen LogP contribution in [-0.4, -0.2) is 0 Å². The van der Waals surface area contributed by atoms with Crippen LogP contribution in [-0.2, 0) is 0 Å². The Morgan fingerprint density at radius 2 is 1.81 bits per heavy atom. The molecule has 0 aromatic heterocycles. The van der Waals surface area contributed by atoms with E-state index in [9.17, 15) is 0 Å². The molecule has 2 aromatic rings. The van der Waals surface area contributed by atoms with Crippen molar-refractivity contribution in [1.29, 1.82) is 0 Å². The van der Waals surface area contributed by atoms with Crippen LogP contribution in [0.2, 0.25) is 0 Å². The Morgan fingerprint density at radius 1 is 1.00 bits per heavy atom. The molecule has 1 radical (unpaired) electrons. The zero-order valence-electron chi connectivity index (χ0n) is 9.52. The monoisotopic (exact) mass is 209 g/mol. The molecule has 0 saturated carbocycles. The lowest BCUT2D eigenvalue weighted by molar-refractivity contribution is 0.868. The first kappa shape index (κ1) is 10.9. The fourth-order valence-corrected chi connectivity index (χ4v) is 1.79. The molecule has 0 aliphatic carbocycles. The normalized spacial score (nSPS) is 11.3. The Morgan fingerprint density at radius 3 is 2.62 bits per heavy atom. The van der Waals surface area contributed by atoms with Gasteiger partial charge in [-0.2, -0.15) is 0 Å². The average molecular weight is 209 g/mol. The second-order valence-corrected chi connectivity index (χ2v) is 4.00. The molecule has 0 nitrogen and oxygen atoms in total. The summed E-state index contributed by atoms with van der Waals surface area (Å²) in [6.45, 7) is 3.84. The van der Waals surface area contributed by atoms with Crippen molar-refractivity contribution in [3.63, 3.8) is 0 Å². The number of fused-ring (bicyclic) bond motifs is 1. The second-order valence-electron chi connectivity index (χ2n) is 4.00. The third-order valence-electron chi connectivity index (χ3n) is 2.70. The average Bonchev–Trinajstić information content (AvgIpc) is 2.34. The first-order valence-corrected chi connectivity index (χ1v) is 5.85. The standard InChI is InChI=1S/C16H17/c1-2-3-4-5-8-14-11-12-15-9-6-7-10-16(15)13-14/h5-13H,1-4H2/b8-5+. The summed E-state index contributed by atoms with van der Waals surface area (Å²) in [5.41, 5.74) is 1.28. The van der Waals surface area contributed by atoms with Gasteiger partial charge in [-0.15, -0.1) is 0 Å². The predicted molar refractivity (Wildman–Crippen MR) is 72.2 cm³/mol. The Kier molecular flexibility index (Phi) is 3.76. The summed E-state index contributed by atoms with van der Waals surface area (Å²) >= 11 is 0. The van der Waals surface area contributed by atoms with E-state index in [1.54, 1.807) is 0 Å². The lowest BCUT2D eigenvalue weighted by Gasteiger charge is -1.99.